The maximum Gasteiger partial charge on any atom is 0.311 e. The molecule has 5 heteroatoms. The third-order valence-corrected chi connectivity index (χ3v) is 4.92. The predicted molar refractivity (Wildman–Crippen MR) is 93.5 cm³/mol. The summed E-state index contributed by atoms with van der Waals surface area (Å²) in [6, 6.07) is 5.76. The number of ether oxygens (including phenoxy) is 2. The van der Waals surface area contributed by atoms with Gasteiger partial charge in [-0.1, -0.05) is 6.07 Å². The first-order valence-corrected chi connectivity index (χ1v) is 8.46. The van der Waals surface area contributed by atoms with Crippen LogP contribution in [-0.2, 0) is 19.9 Å². The Balaban J connectivity index is 2.41. The summed E-state index contributed by atoms with van der Waals surface area (Å²) in [4.78, 5) is 17.4. The van der Waals surface area contributed by atoms with Gasteiger partial charge in [-0.3, -0.25) is 9.78 Å². The molecule has 0 aliphatic carbocycles. The predicted octanol–water partition coefficient (Wildman–Crippen LogP) is 2.90. The average Bonchev–Trinajstić information content (AvgIpc) is 2.81. The van der Waals surface area contributed by atoms with Gasteiger partial charge in [-0.15, -0.1) is 0 Å². The van der Waals surface area contributed by atoms with Gasteiger partial charge in [0.25, 0.3) is 0 Å². The minimum Gasteiger partial charge on any atom is -0.460 e. The number of nitrogens with one attached hydrogen (secondary N) is 1. The Kier molecular flexibility index (Phi) is 5.07. The second kappa shape index (κ2) is 6.45. The van der Waals surface area contributed by atoms with Crippen molar-refractivity contribution in [3.8, 4) is 0 Å². The van der Waals surface area contributed by atoms with Gasteiger partial charge >= 0.3 is 5.97 Å². The first-order chi connectivity index (χ1) is 11.0. The molecule has 134 valence electrons. The number of aromatic nitrogens is 1. The van der Waals surface area contributed by atoms with Crippen LogP contribution in [0.3, 0.4) is 0 Å². The number of nitrogens with zero attached hydrogens (tertiary/aromatic N) is 1. The highest BCUT2D eigenvalue weighted by atomic mass is 16.6. The average molecular weight is 334 g/mol. The van der Waals surface area contributed by atoms with Crippen molar-refractivity contribution in [1.82, 2.24) is 10.3 Å². The Morgan fingerprint density at radius 2 is 1.96 bits per heavy atom. The van der Waals surface area contributed by atoms with Gasteiger partial charge in [0.2, 0.25) is 0 Å². The molecular weight excluding hydrogens is 304 g/mol. The smallest absolute Gasteiger partial charge is 0.311 e. The topological polar surface area (TPSA) is 60.5 Å². The summed E-state index contributed by atoms with van der Waals surface area (Å²) in [7, 11) is 1.67. The summed E-state index contributed by atoms with van der Waals surface area (Å²) in [5.74, 6) is -0.604. The largest absolute Gasteiger partial charge is 0.460 e. The van der Waals surface area contributed by atoms with Crippen LogP contribution in [0, 0.1) is 11.8 Å². The van der Waals surface area contributed by atoms with Gasteiger partial charge in [-0.05, 0) is 53.7 Å². The molecule has 1 aromatic heterocycles. The van der Waals surface area contributed by atoms with E-state index in [-0.39, 0.29) is 23.3 Å². The molecule has 1 aliphatic rings. The van der Waals surface area contributed by atoms with Gasteiger partial charge in [0, 0.05) is 31.3 Å². The van der Waals surface area contributed by atoms with E-state index >= 15 is 0 Å². The van der Waals surface area contributed by atoms with Gasteiger partial charge in [0.1, 0.15) is 11.2 Å². The zero-order chi connectivity index (χ0) is 18.2. The van der Waals surface area contributed by atoms with E-state index in [1.165, 1.54) is 0 Å². The van der Waals surface area contributed by atoms with E-state index in [4.69, 9.17) is 9.47 Å². The molecule has 1 saturated heterocycles. The van der Waals surface area contributed by atoms with E-state index < -0.39 is 11.2 Å². The van der Waals surface area contributed by atoms with Crippen LogP contribution in [0.1, 0.15) is 47.2 Å². The summed E-state index contributed by atoms with van der Waals surface area (Å²) < 4.78 is 11.6. The monoisotopic (exact) mass is 334 g/mol. The van der Waals surface area contributed by atoms with E-state index in [1.54, 1.807) is 13.3 Å². The van der Waals surface area contributed by atoms with Crippen LogP contribution in [0.4, 0.5) is 0 Å². The maximum absolute atomic E-state index is 12.9. The molecule has 1 unspecified atom stereocenters. The minimum absolute atomic E-state index is 0.0813. The SMILES string of the molecule is CO[C@](C)(c1ccccn1)[C@@H]1CNC(C)(C)C1C(=O)OC(C)(C)C. The molecule has 24 heavy (non-hydrogen) atoms. The molecule has 0 bridgehead atoms. The molecular formula is C19H30N2O3. The van der Waals surface area contributed by atoms with Crippen LogP contribution in [0.25, 0.3) is 0 Å². The molecule has 1 fully saturated rings. The van der Waals surface area contributed by atoms with Gasteiger partial charge in [-0.25, -0.2) is 0 Å². The molecule has 0 aromatic carbocycles. The van der Waals surface area contributed by atoms with Crippen molar-refractivity contribution in [2.24, 2.45) is 11.8 Å². The zero-order valence-corrected chi connectivity index (χ0v) is 15.8. The fourth-order valence-electron chi connectivity index (χ4n) is 3.54. The summed E-state index contributed by atoms with van der Waals surface area (Å²) in [5.41, 5.74) is -0.745. The van der Waals surface area contributed by atoms with Crippen molar-refractivity contribution in [2.45, 2.75) is 58.3 Å². The number of rotatable bonds is 4. The molecule has 1 N–H and O–H groups in total. The Morgan fingerprint density at radius 3 is 2.46 bits per heavy atom. The Labute approximate surface area is 145 Å². The summed E-state index contributed by atoms with van der Waals surface area (Å²) in [6.07, 6.45) is 1.75. The van der Waals surface area contributed by atoms with Crippen LogP contribution >= 0.6 is 0 Å². The van der Waals surface area contributed by atoms with Gasteiger partial charge < -0.3 is 14.8 Å². The van der Waals surface area contributed by atoms with Crippen molar-refractivity contribution in [2.75, 3.05) is 13.7 Å². The Hall–Kier alpha value is -1.46. The molecule has 2 heterocycles. The third kappa shape index (κ3) is 3.62. The lowest BCUT2D eigenvalue weighted by atomic mass is 9.73. The van der Waals surface area contributed by atoms with Crippen molar-refractivity contribution in [1.29, 1.82) is 0 Å². The van der Waals surface area contributed by atoms with Crippen molar-refractivity contribution in [3.63, 3.8) is 0 Å². The number of esters is 1. The van der Waals surface area contributed by atoms with Crippen LogP contribution in [0.5, 0.6) is 0 Å². The van der Waals surface area contributed by atoms with Crippen molar-refractivity contribution < 1.29 is 14.3 Å². The highest BCUT2D eigenvalue weighted by Crippen LogP contribution is 2.44. The second-order valence-electron chi connectivity index (χ2n) is 8.25. The standard InChI is InChI=1S/C19H30N2O3/c1-17(2,3)24-16(22)15-13(12-21-18(15,4)5)19(6,23-7)14-10-8-9-11-20-14/h8-11,13,15,21H,12H2,1-7H3/t13-,15?,19+/m1/s1. The van der Waals surface area contributed by atoms with Crippen molar-refractivity contribution >= 4 is 5.97 Å². The van der Waals surface area contributed by atoms with Crippen LogP contribution < -0.4 is 5.32 Å². The molecule has 5 nitrogen and oxygen atoms in total. The van der Waals surface area contributed by atoms with Gasteiger partial charge in [0.05, 0.1) is 11.6 Å². The van der Waals surface area contributed by atoms with E-state index in [2.05, 4.69) is 10.3 Å². The first kappa shape index (κ1) is 18.9. The lowest BCUT2D eigenvalue weighted by molar-refractivity contribution is -0.168. The van der Waals surface area contributed by atoms with Crippen LogP contribution in [0.15, 0.2) is 24.4 Å². The molecule has 0 spiro atoms. The number of pyridine rings is 1. The fourth-order valence-corrected chi connectivity index (χ4v) is 3.54. The van der Waals surface area contributed by atoms with E-state index in [0.717, 1.165) is 5.69 Å². The summed E-state index contributed by atoms with van der Waals surface area (Å²) in [6.45, 7) is 12.4. The normalized spacial score (nSPS) is 26.0. The number of carbonyl (C=O) groups excluding carboxylic acids is 1. The highest BCUT2D eigenvalue weighted by molar-refractivity contribution is 5.75. The summed E-state index contributed by atoms with van der Waals surface area (Å²) >= 11 is 0. The Morgan fingerprint density at radius 1 is 1.29 bits per heavy atom. The number of methoxy groups -OCH3 is 1. The van der Waals surface area contributed by atoms with E-state index in [9.17, 15) is 4.79 Å². The summed E-state index contributed by atoms with van der Waals surface area (Å²) in [5, 5.41) is 3.46. The molecule has 0 saturated carbocycles. The van der Waals surface area contributed by atoms with Gasteiger partial charge in [-0.2, -0.15) is 0 Å². The second-order valence-corrected chi connectivity index (χ2v) is 8.25. The lowest BCUT2D eigenvalue weighted by Gasteiger charge is -2.39. The number of hydrogen-bond acceptors (Lipinski definition) is 5. The number of carbonyl (C=O) groups is 1. The molecule has 3 atom stereocenters. The van der Waals surface area contributed by atoms with Crippen LogP contribution in [0.2, 0.25) is 0 Å². The number of hydrogen-bond donors (Lipinski definition) is 1. The quantitative estimate of drug-likeness (QED) is 0.858. The minimum atomic E-state index is -0.677. The highest BCUT2D eigenvalue weighted by Gasteiger charge is 2.55. The maximum atomic E-state index is 12.9. The molecule has 1 aliphatic heterocycles. The zero-order valence-electron chi connectivity index (χ0n) is 15.8. The molecule has 2 rings (SSSR count). The van der Waals surface area contributed by atoms with Crippen molar-refractivity contribution in [3.05, 3.63) is 30.1 Å². The Bertz CT molecular complexity index is 580. The third-order valence-electron chi connectivity index (χ3n) is 4.92. The molecule has 0 radical (unpaired) electrons. The van der Waals surface area contributed by atoms with Crippen LogP contribution in [-0.4, -0.2) is 35.7 Å². The lowest BCUT2D eigenvalue weighted by Crippen LogP contribution is -2.48. The fraction of sp³-hybridized carbons (Fsp3) is 0.684. The molecule has 0 amide bonds. The van der Waals surface area contributed by atoms with E-state index in [1.807, 2.05) is 59.7 Å². The van der Waals surface area contributed by atoms with Gasteiger partial charge in [0.15, 0.2) is 0 Å². The molecule has 1 aromatic rings. The first-order valence-electron chi connectivity index (χ1n) is 8.46. The van der Waals surface area contributed by atoms with E-state index in [0.29, 0.717) is 6.54 Å².